The van der Waals surface area contributed by atoms with Gasteiger partial charge in [0.15, 0.2) is 0 Å². The lowest BCUT2D eigenvalue weighted by Crippen LogP contribution is -2.24. The van der Waals surface area contributed by atoms with Crippen molar-refractivity contribution >= 4 is 11.8 Å². The van der Waals surface area contributed by atoms with E-state index < -0.39 is 0 Å². The van der Waals surface area contributed by atoms with Crippen molar-refractivity contribution in [1.29, 1.82) is 0 Å². The zero-order valence-corrected chi connectivity index (χ0v) is 7.50. The minimum Gasteiger partial charge on any atom is -0.377 e. The van der Waals surface area contributed by atoms with Gasteiger partial charge in [0.1, 0.15) is 0 Å². The molecule has 1 aliphatic rings. The van der Waals surface area contributed by atoms with Crippen LogP contribution in [0.4, 0.5) is 0 Å². The molecule has 2 heteroatoms. The van der Waals surface area contributed by atoms with Crippen LogP contribution >= 0.6 is 11.8 Å². The molecule has 1 rings (SSSR count). The van der Waals surface area contributed by atoms with Crippen molar-refractivity contribution in [2.75, 3.05) is 5.75 Å². The molecule has 0 saturated carbocycles. The van der Waals surface area contributed by atoms with Gasteiger partial charge in [-0.3, -0.25) is 0 Å². The number of rotatable bonds is 2. The molecule has 0 aromatic carbocycles. The smallest absolute Gasteiger partial charge is 0.0611 e. The maximum Gasteiger partial charge on any atom is 0.0611 e. The summed E-state index contributed by atoms with van der Waals surface area (Å²) in [5.74, 6) is 2.00. The van der Waals surface area contributed by atoms with Crippen LogP contribution in [-0.2, 0) is 0 Å². The van der Waals surface area contributed by atoms with Crippen LogP contribution in [-0.4, -0.2) is 11.8 Å². The Labute approximate surface area is 67.3 Å². The van der Waals surface area contributed by atoms with Crippen LogP contribution in [0.15, 0.2) is 11.6 Å². The van der Waals surface area contributed by atoms with Crippen molar-refractivity contribution < 1.29 is 0 Å². The molecular weight excluding hydrogens is 142 g/mol. The van der Waals surface area contributed by atoms with Crippen LogP contribution in [0.1, 0.15) is 20.3 Å². The van der Waals surface area contributed by atoms with Gasteiger partial charge in [-0.1, -0.05) is 20.4 Å². The fourth-order valence-electron chi connectivity index (χ4n) is 1.21. The highest BCUT2D eigenvalue weighted by atomic mass is 32.2. The first kappa shape index (κ1) is 7.99. The highest BCUT2D eigenvalue weighted by Crippen LogP contribution is 2.23. The molecule has 0 bridgehead atoms. The summed E-state index contributed by atoms with van der Waals surface area (Å²) in [5, 5.41) is 4.50. The quantitative estimate of drug-likeness (QED) is 0.659. The van der Waals surface area contributed by atoms with Gasteiger partial charge in [0, 0.05) is 11.8 Å². The fourth-order valence-corrected chi connectivity index (χ4v) is 2.08. The summed E-state index contributed by atoms with van der Waals surface area (Å²) in [6.45, 7) is 8.38. The fraction of sp³-hybridized carbons (Fsp3) is 0.750. The van der Waals surface area contributed by atoms with Gasteiger partial charge >= 0.3 is 0 Å². The maximum absolute atomic E-state index is 3.86. The second kappa shape index (κ2) is 3.33. The van der Waals surface area contributed by atoms with E-state index in [1.165, 1.54) is 12.2 Å². The second-order valence-electron chi connectivity index (χ2n) is 3.20. The van der Waals surface area contributed by atoms with E-state index in [4.69, 9.17) is 0 Å². The first-order chi connectivity index (χ1) is 4.68. The molecule has 1 aliphatic heterocycles. The van der Waals surface area contributed by atoms with Crippen molar-refractivity contribution in [2.24, 2.45) is 5.92 Å². The molecule has 1 unspecified atom stereocenters. The predicted octanol–water partition coefficient (Wildman–Crippen LogP) is 2.21. The Bertz CT molecular complexity index is 131. The molecule has 1 saturated heterocycles. The van der Waals surface area contributed by atoms with Crippen LogP contribution in [0, 0.1) is 5.92 Å². The van der Waals surface area contributed by atoms with E-state index in [1.807, 2.05) is 11.8 Å². The minimum atomic E-state index is 0.678. The molecule has 0 spiro atoms. The van der Waals surface area contributed by atoms with Gasteiger partial charge in [-0.05, 0) is 12.3 Å². The van der Waals surface area contributed by atoms with Crippen molar-refractivity contribution in [3.05, 3.63) is 11.6 Å². The summed E-state index contributed by atoms with van der Waals surface area (Å²) in [6.07, 6.45) is 1.27. The lowest BCUT2D eigenvalue weighted by molar-refractivity contribution is 0.492. The Morgan fingerprint density at radius 1 is 1.80 bits per heavy atom. The molecule has 10 heavy (non-hydrogen) atoms. The predicted molar refractivity (Wildman–Crippen MR) is 48.0 cm³/mol. The Morgan fingerprint density at radius 2 is 2.50 bits per heavy atom. The summed E-state index contributed by atoms with van der Waals surface area (Å²) in [4.78, 5) is 0. The lowest BCUT2D eigenvalue weighted by atomic mass is 10.1. The van der Waals surface area contributed by atoms with Gasteiger partial charge in [-0.2, -0.15) is 0 Å². The van der Waals surface area contributed by atoms with Crippen LogP contribution in [0.5, 0.6) is 0 Å². The average molecular weight is 157 g/mol. The third kappa shape index (κ3) is 2.25. The van der Waals surface area contributed by atoms with Gasteiger partial charge < -0.3 is 5.32 Å². The van der Waals surface area contributed by atoms with Crippen molar-refractivity contribution in [3.8, 4) is 0 Å². The van der Waals surface area contributed by atoms with E-state index in [2.05, 4.69) is 25.7 Å². The Morgan fingerprint density at radius 3 is 2.90 bits per heavy atom. The van der Waals surface area contributed by atoms with Crippen LogP contribution in [0.25, 0.3) is 0 Å². The van der Waals surface area contributed by atoms with Crippen LogP contribution in [0.3, 0.4) is 0 Å². The zero-order valence-electron chi connectivity index (χ0n) is 6.68. The molecule has 0 aromatic heterocycles. The lowest BCUT2D eigenvalue weighted by Gasteiger charge is -2.11. The summed E-state index contributed by atoms with van der Waals surface area (Å²) < 4.78 is 0. The van der Waals surface area contributed by atoms with Crippen molar-refractivity contribution in [1.82, 2.24) is 5.32 Å². The summed E-state index contributed by atoms with van der Waals surface area (Å²) >= 11 is 1.84. The summed E-state index contributed by atoms with van der Waals surface area (Å²) in [5.41, 5.74) is 0. The summed E-state index contributed by atoms with van der Waals surface area (Å²) in [6, 6.07) is 0.678. The molecule has 0 aromatic rings. The third-order valence-corrected chi connectivity index (χ3v) is 2.62. The molecule has 1 N–H and O–H groups in total. The number of hydrogen-bond acceptors (Lipinski definition) is 2. The van der Waals surface area contributed by atoms with Gasteiger partial charge in [0.05, 0.1) is 5.03 Å². The summed E-state index contributed by atoms with van der Waals surface area (Å²) in [7, 11) is 0. The van der Waals surface area contributed by atoms with E-state index in [-0.39, 0.29) is 0 Å². The average Bonchev–Trinajstić information content (AvgIpc) is 2.13. The molecular formula is C8H15NS. The topological polar surface area (TPSA) is 12.0 Å². The Kier molecular flexibility index (Phi) is 2.66. The van der Waals surface area contributed by atoms with Crippen molar-refractivity contribution in [3.63, 3.8) is 0 Å². The molecule has 1 fully saturated rings. The van der Waals surface area contributed by atoms with E-state index in [0.717, 1.165) is 10.9 Å². The number of nitrogens with one attached hydrogen (secondary N) is 1. The molecule has 58 valence electrons. The number of hydrogen-bond donors (Lipinski definition) is 1. The maximum atomic E-state index is 3.86. The highest BCUT2D eigenvalue weighted by molar-refractivity contribution is 8.03. The van der Waals surface area contributed by atoms with Gasteiger partial charge in [0.25, 0.3) is 0 Å². The molecule has 1 nitrogen and oxygen atoms in total. The minimum absolute atomic E-state index is 0.678. The SMILES string of the molecule is C=C1NC(CC(C)C)CS1. The van der Waals surface area contributed by atoms with E-state index >= 15 is 0 Å². The molecule has 0 aliphatic carbocycles. The first-order valence-corrected chi connectivity index (χ1v) is 4.75. The van der Waals surface area contributed by atoms with Gasteiger partial charge in [-0.15, -0.1) is 11.8 Å². The molecule has 0 radical (unpaired) electrons. The van der Waals surface area contributed by atoms with E-state index in [1.54, 1.807) is 0 Å². The van der Waals surface area contributed by atoms with Crippen molar-refractivity contribution in [2.45, 2.75) is 26.3 Å². The Balaban J connectivity index is 2.24. The van der Waals surface area contributed by atoms with E-state index in [9.17, 15) is 0 Å². The standard InChI is InChI=1S/C8H15NS/c1-6(2)4-8-5-10-7(3)9-8/h6,8-9H,3-5H2,1-2H3. The largest absolute Gasteiger partial charge is 0.377 e. The van der Waals surface area contributed by atoms with Crippen LogP contribution < -0.4 is 5.32 Å². The van der Waals surface area contributed by atoms with E-state index in [0.29, 0.717) is 6.04 Å². The third-order valence-electron chi connectivity index (χ3n) is 1.58. The monoisotopic (exact) mass is 157 g/mol. The Hall–Kier alpha value is -0.110. The van der Waals surface area contributed by atoms with Crippen LogP contribution in [0.2, 0.25) is 0 Å². The highest BCUT2D eigenvalue weighted by Gasteiger charge is 2.17. The second-order valence-corrected chi connectivity index (χ2v) is 4.32. The zero-order chi connectivity index (χ0) is 7.56. The first-order valence-electron chi connectivity index (χ1n) is 3.76. The molecule has 1 heterocycles. The molecule has 0 amide bonds. The molecule has 1 atom stereocenters. The van der Waals surface area contributed by atoms with Gasteiger partial charge in [-0.25, -0.2) is 0 Å². The number of thioether (sulfide) groups is 1. The normalized spacial score (nSPS) is 25.5. The van der Waals surface area contributed by atoms with Gasteiger partial charge in [0.2, 0.25) is 0 Å².